The number of benzene rings is 1. The van der Waals surface area contributed by atoms with Crippen LogP contribution in [0.25, 0.3) is 0 Å². The molecule has 1 N–H and O–H groups in total. The first-order valence-corrected chi connectivity index (χ1v) is 5.09. The van der Waals surface area contributed by atoms with Crippen molar-refractivity contribution in [3.05, 3.63) is 29.8 Å². The highest BCUT2D eigenvalue weighted by Crippen LogP contribution is 2.20. The Morgan fingerprint density at radius 1 is 1.20 bits per heavy atom. The molecule has 1 aromatic carbocycles. The minimum absolute atomic E-state index is 0.411. The Bertz CT molecular complexity index is 269. The summed E-state index contributed by atoms with van der Waals surface area (Å²) in [6, 6.07) is 7.48. The van der Waals surface area contributed by atoms with Crippen LogP contribution in [0.15, 0.2) is 24.3 Å². The summed E-state index contributed by atoms with van der Waals surface area (Å²) < 4.78 is 9.98. The van der Waals surface area contributed by atoms with Gasteiger partial charge in [0.2, 0.25) is 0 Å². The quantitative estimate of drug-likeness (QED) is 0.731. The smallest absolute Gasteiger partial charge is 0.118 e. The highest BCUT2D eigenvalue weighted by Gasteiger charge is 2.06. The summed E-state index contributed by atoms with van der Waals surface area (Å²) in [5.74, 6) is 0.808. The first-order chi connectivity index (χ1) is 7.27. The highest BCUT2D eigenvalue weighted by molar-refractivity contribution is 5.28. The van der Waals surface area contributed by atoms with Crippen molar-refractivity contribution in [2.45, 2.75) is 18.9 Å². The Balaban J connectivity index is 2.46. The van der Waals surface area contributed by atoms with Gasteiger partial charge in [-0.1, -0.05) is 12.1 Å². The molecule has 0 heterocycles. The molecule has 0 fully saturated rings. The van der Waals surface area contributed by atoms with Crippen LogP contribution in [-0.4, -0.2) is 25.9 Å². The van der Waals surface area contributed by atoms with Gasteiger partial charge >= 0.3 is 0 Å². The Kier molecular flexibility index (Phi) is 5.15. The number of rotatable bonds is 6. The van der Waals surface area contributed by atoms with Gasteiger partial charge in [0.1, 0.15) is 5.75 Å². The van der Waals surface area contributed by atoms with Gasteiger partial charge in [0.15, 0.2) is 0 Å². The van der Waals surface area contributed by atoms with Gasteiger partial charge in [-0.2, -0.15) is 0 Å². The van der Waals surface area contributed by atoms with E-state index in [-0.39, 0.29) is 0 Å². The van der Waals surface area contributed by atoms with E-state index in [4.69, 9.17) is 9.47 Å². The summed E-state index contributed by atoms with van der Waals surface area (Å²) >= 11 is 0. The van der Waals surface area contributed by atoms with Crippen molar-refractivity contribution in [2.24, 2.45) is 0 Å². The average Bonchev–Trinajstić information content (AvgIpc) is 2.29. The van der Waals surface area contributed by atoms with E-state index in [1.165, 1.54) is 0 Å². The summed E-state index contributed by atoms with van der Waals surface area (Å²) in [5, 5.41) is 9.81. The molecule has 0 aliphatic heterocycles. The molecule has 1 unspecified atom stereocenters. The Labute approximate surface area is 90.6 Å². The first-order valence-electron chi connectivity index (χ1n) is 5.09. The second-order valence-corrected chi connectivity index (χ2v) is 3.42. The van der Waals surface area contributed by atoms with E-state index in [1.807, 2.05) is 24.3 Å². The van der Waals surface area contributed by atoms with E-state index >= 15 is 0 Å². The fraction of sp³-hybridized carbons (Fsp3) is 0.500. The van der Waals surface area contributed by atoms with E-state index in [1.54, 1.807) is 14.2 Å². The third kappa shape index (κ3) is 3.90. The number of methoxy groups -OCH3 is 2. The molecule has 1 rings (SSSR count). The van der Waals surface area contributed by atoms with E-state index in [0.717, 1.165) is 24.2 Å². The lowest BCUT2D eigenvalue weighted by Gasteiger charge is -2.10. The third-order valence-corrected chi connectivity index (χ3v) is 2.33. The normalized spacial score (nSPS) is 12.5. The van der Waals surface area contributed by atoms with Gasteiger partial charge in [-0.25, -0.2) is 0 Å². The molecule has 0 radical (unpaired) electrons. The van der Waals surface area contributed by atoms with Gasteiger partial charge in [-0.15, -0.1) is 0 Å². The Morgan fingerprint density at radius 2 is 1.87 bits per heavy atom. The average molecular weight is 210 g/mol. The second kappa shape index (κ2) is 6.43. The molecule has 1 aromatic rings. The van der Waals surface area contributed by atoms with Crippen molar-refractivity contribution in [3.63, 3.8) is 0 Å². The molecule has 0 aromatic heterocycles. The zero-order chi connectivity index (χ0) is 11.1. The van der Waals surface area contributed by atoms with Gasteiger partial charge in [-0.05, 0) is 30.5 Å². The number of aliphatic hydroxyl groups is 1. The predicted octanol–water partition coefficient (Wildman–Crippen LogP) is 2.16. The molecule has 3 nitrogen and oxygen atoms in total. The molecule has 0 spiro atoms. The van der Waals surface area contributed by atoms with Crippen molar-refractivity contribution in [2.75, 3.05) is 20.8 Å². The fourth-order valence-electron chi connectivity index (χ4n) is 1.41. The monoisotopic (exact) mass is 210 g/mol. The van der Waals surface area contributed by atoms with Crippen LogP contribution in [-0.2, 0) is 4.74 Å². The molecule has 15 heavy (non-hydrogen) atoms. The molecule has 0 bridgehead atoms. The first kappa shape index (κ1) is 12.0. The maximum absolute atomic E-state index is 9.81. The summed E-state index contributed by atoms with van der Waals surface area (Å²) in [4.78, 5) is 0. The maximum atomic E-state index is 9.81. The van der Waals surface area contributed by atoms with Gasteiger partial charge in [0.05, 0.1) is 13.2 Å². The lowest BCUT2D eigenvalue weighted by atomic mass is 10.1. The molecular weight excluding hydrogens is 192 g/mol. The fourth-order valence-corrected chi connectivity index (χ4v) is 1.41. The van der Waals surface area contributed by atoms with Crippen LogP contribution in [0.4, 0.5) is 0 Å². The molecule has 0 saturated heterocycles. The zero-order valence-corrected chi connectivity index (χ0v) is 9.27. The van der Waals surface area contributed by atoms with E-state index in [2.05, 4.69) is 0 Å². The lowest BCUT2D eigenvalue weighted by Crippen LogP contribution is -1.99. The highest BCUT2D eigenvalue weighted by atomic mass is 16.5. The van der Waals surface area contributed by atoms with E-state index in [9.17, 15) is 5.11 Å². The van der Waals surface area contributed by atoms with Crippen molar-refractivity contribution < 1.29 is 14.6 Å². The lowest BCUT2D eigenvalue weighted by molar-refractivity contribution is 0.136. The van der Waals surface area contributed by atoms with Crippen LogP contribution in [0.3, 0.4) is 0 Å². The summed E-state index contributed by atoms with van der Waals surface area (Å²) in [7, 11) is 3.30. The van der Waals surface area contributed by atoms with Gasteiger partial charge < -0.3 is 14.6 Å². The topological polar surface area (TPSA) is 38.7 Å². The van der Waals surface area contributed by atoms with Crippen LogP contribution < -0.4 is 4.74 Å². The zero-order valence-electron chi connectivity index (χ0n) is 9.27. The van der Waals surface area contributed by atoms with Crippen LogP contribution in [0, 0.1) is 0 Å². The van der Waals surface area contributed by atoms with E-state index < -0.39 is 6.10 Å². The molecule has 0 aliphatic rings. The second-order valence-electron chi connectivity index (χ2n) is 3.42. The van der Waals surface area contributed by atoms with Crippen LogP contribution >= 0.6 is 0 Å². The molecule has 0 amide bonds. The Hall–Kier alpha value is -1.06. The number of ether oxygens (including phenoxy) is 2. The minimum Gasteiger partial charge on any atom is -0.497 e. The molecule has 84 valence electrons. The maximum Gasteiger partial charge on any atom is 0.118 e. The molecule has 3 heteroatoms. The van der Waals surface area contributed by atoms with Crippen LogP contribution in [0.5, 0.6) is 5.75 Å². The van der Waals surface area contributed by atoms with Crippen molar-refractivity contribution in [1.82, 2.24) is 0 Å². The summed E-state index contributed by atoms with van der Waals surface area (Å²) in [6.07, 6.45) is 1.18. The number of hydrogen-bond donors (Lipinski definition) is 1. The van der Waals surface area contributed by atoms with Gasteiger partial charge in [-0.3, -0.25) is 0 Å². The molecule has 1 atom stereocenters. The standard InChI is InChI=1S/C12H18O3/c1-14-9-3-4-12(13)10-5-7-11(15-2)8-6-10/h5-8,12-13H,3-4,9H2,1-2H3. The predicted molar refractivity (Wildman–Crippen MR) is 59.1 cm³/mol. The van der Waals surface area contributed by atoms with E-state index in [0.29, 0.717) is 6.61 Å². The largest absolute Gasteiger partial charge is 0.497 e. The van der Waals surface area contributed by atoms with Gasteiger partial charge in [0.25, 0.3) is 0 Å². The SMILES string of the molecule is COCCCC(O)c1ccc(OC)cc1. The molecule has 0 saturated carbocycles. The summed E-state index contributed by atoms with van der Waals surface area (Å²) in [5.41, 5.74) is 0.923. The van der Waals surface area contributed by atoms with Gasteiger partial charge in [0, 0.05) is 13.7 Å². The minimum atomic E-state index is -0.411. The molecular formula is C12H18O3. The number of hydrogen-bond acceptors (Lipinski definition) is 3. The van der Waals surface area contributed by atoms with Crippen molar-refractivity contribution >= 4 is 0 Å². The van der Waals surface area contributed by atoms with Crippen LogP contribution in [0.1, 0.15) is 24.5 Å². The summed E-state index contributed by atoms with van der Waals surface area (Å²) in [6.45, 7) is 0.688. The van der Waals surface area contributed by atoms with Crippen LogP contribution in [0.2, 0.25) is 0 Å². The number of aliphatic hydroxyl groups excluding tert-OH is 1. The third-order valence-electron chi connectivity index (χ3n) is 2.33. The molecule has 0 aliphatic carbocycles. The van der Waals surface area contributed by atoms with Crippen molar-refractivity contribution in [1.29, 1.82) is 0 Å². The van der Waals surface area contributed by atoms with Crippen molar-refractivity contribution in [3.8, 4) is 5.75 Å². The Morgan fingerprint density at radius 3 is 2.40 bits per heavy atom.